The van der Waals surface area contributed by atoms with Gasteiger partial charge in [0.1, 0.15) is 5.82 Å². The van der Waals surface area contributed by atoms with Crippen LogP contribution in [0.3, 0.4) is 0 Å². The molecule has 7 nitrogen and oxygen atoms in total. The van der Waals surface area contributed by atoms with Gasteiger partial charge in [0.2, 0.25) is 5.76 Å². The van der Waals surface area contributed by atoms with Gasteiger partial charge in [0.15, 0.2) is 5.69 Å². The van der Waals surface area contributed by atoms with Gasteiger partial charge in [-0.3, -0.25) is 4.79 Å². The third-order valence-electron chi connectivity index (χ3n) is 6.81. The van der Waals surface area contributed by atoms with Crippen molar-refractivity contribution < 1.29 is 22.4 Å². The SMILES string of the molecule is O=C(Nc1ccc(N2CCC(c3ccccc3)CC2)nc1)c1oc(N2CCCCC2)nc1C(F)(F)F. The van der Waals surface area contributed by atoms with Gasteiger partial charge in [0.05, 0.1) is 11.9 Å². The fraction of sp³-hybridized carbons (Fsp3) is 0.423. The molecule has 0 saturated carbocycles. The standard InChI is InChI=1S/C26H28F3N5O2/c27-26(28,29)23-22(36-25(32-23)34-13-5-2-6-14-34)24(35)31-20-9-10-21(30-17-20)33-15-11-19(12-16-33)18-7-3-1-4-8-18/h1,3-4,7-10,17,19H,2,5-6,11-16H2,(H,31,35). The van der Waals surface area contributed by atoms with Gasteiger partial charge in [-0.15, -0.1) is 0 Å². The highest BCUT2D eigenvalue weighted by Gasteiger charge is 2.42. The van der Waals surface area contributed by atoms with E-state index >= 15 is 0 Å². The second kappa shape index (κ2) is 10.2. The van der Waals surface area contributed by atoms with Crippen molar-refractivity contribution in [1.82, 2.24) is 9.97 Å². The molecule has 3 aromatic rings. The van der Waals surface area contributed by atoms with E-state index in [0.29, 0.717) is 19.0 Å². The van der Waals surface area contributed by atoms with Crippen LogP contribution in [-0.2, 0) is 6.18 Å². The zero-order valence-corrected chi connectivity index (χ0v) is 19.8. The number of carbonyl (C=O) groups excluding carboxylic acids is 1. The van der Waals surface area contributed by atoms with E-state index in [9.17, 15) is 18.0 Å². The molecular formula is C26H28F3N5O2. The lowest BCUT2D eigenvalue weighted by Gasteiger charge is -2.33. The van der Waals surface area contributed by atoms with Gasteiger partial charge < -0.3 is 19.5 Å². The molecule has 2 aliphatic rings. The van der Waals surface area contributed by atoms with Crippen molar-refractivity contribution in [2.75, 3.05) is 41.3 Å². The Morgan fingerprint density at radius 3 is 2.31 bits per heavy atom. The number of nitrogens with zero attached hydrogens (tertiary/aromatic N) is 4. The number of amides is 1. The Balaban J connectivity index is 1.24. The van der Waals surface area contributed by atoms with Crippen LogP contribution in [0.1, 0.15) is 59.8 Å². The van der Waals surface area contributed by atoms with E-state index < -0.39 is 23.5 Å². The van der Waals surface area contributed by atoms with Crippen LogP contribution < -0.4 is 15.1 Å². The van der Waals surface area contributed by atoms with E-state index in [4.69, 9.17) is 4.42 Å². The fourth-order valence-electron chi connectivity index (χ4n) is 4.88. The van der Waals surface area contributed by atoms with Crippen LogP contribution in [0.5, 0.6) is 0 Å². The largest absolute Gasteiger partial charge is 0.437 e. The first-order valence-electron chi connectivity index (χ1n) is 12.3. The maximum absolute atomic E-state index is 13.6. The van der Waals surface area contributed by atoms with E-state index in [2.05, 4.69) is 44.5 Å². The molecule has 36 heavy (non-hydrogen) atoms. The average Bonchev–Trinajstić information content (AvgIpc) is 3.37. The second-order valence-electron chi connectivity index (χ2n) is 9.25. The molecule has 2 aliphatic heterocycles. The molecule has 0 unspecified atom stereocenters. The highest BCUT2D eigenvalue weighted by atomic mass is 19.4. The molecule has 1 N–H and O–H groups in total. The molecule has 0 bridgehead atoms. The number of benzene rings is 1. The summed E-state index contributed by atoms with van der Waals surface area (Å²) in [5.41, 5.74) is 0.315. The van der Waals surface area contributed by atoms with Crippen LogP contribution in [0, 0.1) is 0 Å². The minimum atomic E-state index is -4.81. The first kappa shape index (κ1) is 24.1. The van der Waals surface area contributed by atoms with Gasteiger partial charge in [-0.2, -0.15) is 18.2 Å². The van der Waals surface area contributed by atoms with Gasteiger partial charge in [0.25, 0.3) is 11.9 Å². The molecule has 0 atom stereocenters. The Kier molecular flexibility index (Phi) is 6.84. The summed E-state index contributed by atoms with van der Waals surface area (Å²) in [5.74, 6) is -0.561. The first-order valence-corrected chi connectivity index (χ1v) is 12.3. The van der Waals surface area contributed by atoms with Crippen molar-refractivity contribution in [3.63, 3.8) is 0 Å². The Morgan fingerprint density at radius 1 is 0.944 bits per heavy atom. The van der Waals surface area contributed by atoms with Crippen molar-refractivity contribution >= 4 is 23.4 Å². The fourth-order valence-corrected chi connectivity index (χ4v) is 4.88. The Bertz CT molecular complexity index is 1170. The normalized spacial score (nSPS) is 17.3. The highest BCUT2D eigenvalue weighted by molar-refractivity contribution is 6.03. The molecule has 10 heteroatoms. The molecule has 5 rings (SSSR count). The van der Waals surface area contributed by atoms with Crippen LogP contribution >= 0.6 is 0 Å². The minimum Gasteiger partial charge on any atom is -0.417 e. The molecule has 0 aliphatic carbocycles. The third kappa shape index (κ3) is 5.32. The molecule has 0 spiro atoms. The number of halogens is 3. The summed E-state index contributed by atoms with van der Waals surface area (Å²) in [6.07, 6.45) is 1.35. The van der Waals surface area contributed by atoms with Gasteiger partial charge >= 0.3 is 6.18 Å². The number of nitrogens with one attached hydrogen (secondary N) is 1. The number of carbonyl (C=O) groups is 1. The maximum Gasteiger partial charge on any atom is 0.437 e. The minimum absolute atomic E-state index is 0.167. The van der Waals surface area contributed by atoms with Crippen molar-refractivity contribution in [2.45, 2.75) is 44.2 Å². The molecule has 4 heterocycles. The van der Waals surface area contributed by atoms with Gasteiger partial charge in [-0.05, 0) is 55.7 Å². The van der Waals surface area contributed by atoms with Gasteiger partial charge in [0, 0.05) is 26.2 Å². The Morgan fingerprint density at radius 2 is 1.67 bits per heavy atom. The van der Waals surface area contributed by atoms with Crippen LogP contribution in [0.4, 0.5) is 30.7 Å². The predicted molar refractivity (Wildman–Crippen MR) is 130 cm³/mol. The number of anilines is 3. The van der Waals surface area contributed by atoms with Crippen molar-refractivity contribution in [1.29, 1.82) is 0 Å². The average molecular weight is 500 g/mol. The number of rotatable bonds is 5. The molecular weight excluding hydrogens is 471 g/mol. The lowest BCUT2D eigenvalue weighted by molar-refractivity contribution is -0.141. The Labute approximate surface area is 207 Å². The summed E-state index contributed by atoms with van der Waals surface area (Å²) in [7, 11) is 0. The second-order valence-corrected chi connectivity index (χ2v) is 9.25. The first-order chi connectivity index (χ1) is 17.4. The molecule has 2 fully saturated rings. The lowest BCUT2D eigenvalue weighted by Crippen LogP contribution is -2.33. The highest BCUT2D eigenvalue weighted by Crippen LogP contribution is 2.35. The lowest BCUT2D eigenvalue weighted by atomic mass is 9.89. The van der Waals surface area contributed by atoms with Crippen molar-refractivity contribution in [3.8, 4) is 0 Å². The van der Waals surface area contributed by atoms with Crippen LogP contribution in [0.15, 0.2) is 53.1 Å². The van der Waals surface area contributed by atoms with Gasteiger partial charge in [-0.1, -0.05) is 30.3 Å². The zero-order chi connectivity index (χ0) is 25.1. The van der Waals surface area contributed by atoms with Crippen LogP contribution in [-0.4, -0.2) is 42.1 Å². The number of hydrogen-bond donors (Lipinski definition) is 1. The molecule has 2 saturated heterocycles. The summed E-state index contributed by atoms with van der Waals surface area (Å²) in [6.45, 7) is 2.80. The van der Waals surface area contributed by atoms with E-state index in [-0.39, 0.29) is 11.7 Å². The number of piperidine rings is 2. The Hall–Kier alpha value is -3.56. The summed E-state index contributed by atoms with van der Waals surface area (Å²) in [4.78, 5) is 24.6. The molecule has 190 valence electrons. The van der Waals surface area contributed by atoms with Crippen LogP contribution in [0.2, 0.25) is 0 Å². The predicted octanol–water partition coefficient (Wildman–Crippen LogP) is 5.72. The summed E-state index contributed by atoms with van der Waals surface area (Å²) >= 11 is 0. The number of hydrogen-bond acceptors (Lipinski definition) is 6. The molecule has 2 aromatic heterocycles. The topological polar surface area (TPSA) is 74.5 Å². The van der Waals surface area contributed by atoms with E-state index in [0.717, 1.165) is 51.0 Å². The van der Waals surface area contributed by atoms with E-state index in [1.807, 2.05) is 6.07 Å². The van der Waals surface area contributed by atoms with Crippen molar-refractivity contribution in [3.05, 3.63) is 65.7 Å². The summed E-state index contributed by atoms with van der Waals surface area (Å²) in [5, 5.41) is 2.47. The summed E-state index contributed by atoms with van der Waals surface area (Å²) < 4.78 is 46.1. The smallest absolute Gasteiger partial charge is 0.417 e. The van der Waals surface area contributed by atoms with Gasteiger partial charge in [-0.25, -0.2) is 4.98 Å². The van der Waals surface area contributed by atoms with Crippen LogP contribution in [0.25, 0.3) is 0 Å². The number of aromatic nitrogens is 2. The zero-order valence-electron chi connectivity index (χ0n) is 19.8. The maximum atomic E-state index is 13.6. The summed E-state index contributed by atoms with van der Waals surface area (Å²) in [6, 6.07) is 13.7. The molecule has 1 aromatic carbocycles. The number of oxazole rings is 1. The number of alkyl halides is 3. The van der Waals surface area contributed by atoms with E-state index in [1.165, 1.54) is 11.8 Å². The molecule has 1 amide bonds. The quantitative estimate of drug-likeness (QED) is 0.484. The number of pyridine rings is 1. The third-order valence-corrected chi connectivity index (χ3v) is 6.81. The monoisotopic (exact) mass is 499 g/mol. The van der Waals surface area contributed by atoms with Crippen molar-refractivity contribution in [2.24, 2.45) is 0 Å². The molecule has 0 radical (unpaired) electrons. The van der Waals surface area contributed by atoms with E-state index in [1.54, 1.807) is 17.0 Å².